The summed E-state index contributed by atoms with van der Waals surface area (Å²) < 4.78 is 18.6. The number of nitrogens with two attached hydrogens (primary N) is 1. The van der Waals surface area contributed by atoms with Crippen molar-refractivity contribution in [3.63, 3.8) is 0 Å². The van der Waals surface area contributed by atoms with Crippen LogP contribution in [0.1, 0.15) is 11.1 Å². The van der Waals surface area contributed by atoms with Crippen molar-refractivity contribution in [1.29, 1.82) is 0 Å². The average Bonchev–Trinajstić information content (AvgIpc) is 2.46. The number of benzene rings is 2. The van der Waals surface area contributed by atoms with Crippen LogP contribution in [0, 0.1) is 5.82 Å². The first-order chi connectivity index (χ1) is 9.24. The van der Waals surface area contributed by atoms with Gasteiger partial charge < -0.3 is 10.5 Å². The smallest absolute Gasteiger partial charge is 0.132 e. The lowest BCUT2D eigenvalue weighted by Gasteiger charge is -2.08. The Balaban J connectivity index is 2.10. The number of hydrogen-bond acceptors (Lipinski definition) is 3. The van der Waals surface area contributed by atoms with E-state index in [1.807, 2.05) is 30.3 Å². The molecule has 0 saturated heterocycles. The predicted octanol–water partition coefficient (Wildman–Crippen LogP) is 3.59. The molecule has 19 heavy (non-hydrogen) atoms. The van der Waals surface area contributed by atoms with Crippen LogP contribution in [0.15, 0.2) is 47.4 Å². The van der Waals surface area contributed by atoms with Gasteiger partial charge in [-0.25, -0.2) is 4.39 Å². The number of thioether (sulfide) groups is 1. The third-order valence-corrected chi connectivity index (χ3v) is 3.92. The van der Waals surface area contributed by atoms with E-state index in [1.165, 1.54) is 6.07 Å². The number of rotatable bonds is 5. The molecule has 0 aromatic heterocycles. The van der Waals surface area contributed by atoms with Gasteiger partial charge in [0.2, 0.25) is 0 Å². The second kappa shape index (κ2) is 6.59. The zero-order valence-corrected chi connectivity index (χ0v) is 11.5. The van der Waals surface area contributed by atoms with Crippen LogP contribution in [0.3, 0.4) is 0 Å². The summed E-state index contributed by atoms with van der Waals surface area (Å²) in [6, 6.07) is 12.9. The average molecular weight is 277 g/mol. The summed E-state index contributed by atoms with van der Waals surface area (Å²) in [6.45, 7) is 0.221. The van der Waals surface area contributed by atoms with Gasteiger partial charge in [0.1, 0.15) is 11.6 Å². The fourth-order valence-electron chi connectivity index (χ4n) is 1.77. The maximum atomic E-state index is 13.3. The van der Waals surface area contributed by atoms with E-state index in [9.17, 15) is 4.39 Å². The fraction of sp³-hybridized carbons (Fsp3) is 0.200. The van der Waals surface area contributed by atoms with Gasteiger partial charge in [-0.2, -0.15) is 0 Å². The van der Waals surface area contributed by atoms with Crippen molar-refractivity contribution in [2.45, 2.75) is 17.2 Å². The zero-order valence-electron chi connectivity index (χ0n) is 10.7. The van der Waals surface area contributed by atoms with Gasteiger partial charge in [0.15, 0.2) is 0 Å². The van der Waals surface area contributed by atoms with E-state index in [1.54, 1.807) is 24.9 Å². The molecule has 2 aromatic rings. The molecule has 0 radical (unpaired) electrons. The molecule has 2 aromatic carbocycles. The lowest BCUT2D eigenvalue weighted by atomic mass is 10.1. The van der Waals surface area contributed by atoms with Gasteiger partial charge in [0.05, 0.1) is 7.11 Å². The van der Waals surface area contributed by atoms with Gasteiger partial charge in [0, 0.05) is 22.8 Å². The highest BCUT2D eigenvalue weighted by atomic mass is 32.2. The van der Waals surface area contributed by atoms with Crippen molar-refractivity contribution in [2.24, 2.45) is 5.73 Å². The minimum absolute atomic E-state index is 0.221. The second-order valence-electron chi connectivity index (χ2n) is 4.07. The molecule has 0 bridgehead atoms. The molecule has 0 aliphatic rings. The van der Waals surface area contributed by atoms with Crippen LogP contribution in [-0.4, -0.2) is 7.11 Å². The Bertz CT molecular complexity index is 560. The lowest BCUT2D eigenvalue weighted by molar-refractivity contribution is 0.405. The Labute approximate surface area is 116 Å². The van der Waals surface area contributed by atoms with Crippen LogP contribution >= 0.6 is 11.8 Å². The Kier molecular flexibility index (Phi) is 4.82. The minimum atomic E-state index is -0.242. The van der Waals surface area contributed by atoms with Crippen LogP contribution in [0.25, 0.3) is 0 Å². The minimum Gasteiger partial charge on any atom is -0.496 e. The fourth-order valence-corrected chi connectivity index (χ4v) is 2.74. The molecule has 0 atom stereocenters. The van der Waals surface area contributed by atoms with E-state index in [0.717, 1.165) is 22.0 Å². The molecular weight excluding hydrogens is 261 g/mol. The molecule has 100 valence electrons. The SMILES string of the molecule is COc1ccccc1SCc1ccc(F)c(CN)c1. The molecule has 4 heteroatoms. The first-order valence-electron chi connectivity index (χ1n) is 5.97. The Morgan fingerprint density at radius 3 is 2.74 bits per heavy atom. The van der Waals surface area contributed by atoms with Crippen molar-refractivity contribution >= 4 is 11.8 Å². The Morgan fingerprint density at radius 2 is 2.00 bits per heavy atom. The van der Waals surface area contributed by atoms with E-state index < -0.39 is 0 Å². The molecule has 2 rings (SSSR count). The van der Waals surface area contributed by atoms with Gasteiger partial charge in [0.25, 0.3) is 0 Å². The van der Waals surface area contributed by atoms with Gasteiger partial charge >= 0.3 is 0 Å². The van der Waals surface area contributed by atoms with E-state index in [-0.39, 0.29) is 12.4 Å². The monoisotopic (exact) mass is 277 g/mol. The highest BCUT2D eigenvalue weighted by molar-refractivity contribution is 7.98. The first kappa shape index (κ1) is 13.9. The van der Waals surface area contributed by atoms with Gasteiger partial charge in [-0.15, -0.1) is 11.8 Å². The third kappa shape index (κ3) is 3.49. The Morgan fingerprint density at radius 1 is 1.21 bits per heavy atom. The summed E-state index contributed by atoms with van der Waals surface area (Å²) in [7, 11) is 1.66. The third-order valence-electron chi connectivity index (χ3n) is 2.79. The van der Waals surface area contributed by atoms with E-state index in [0.29, 0.717) is 5.56 Å². The summed E-state index contributed by atoms with van der Waals surface area (Å²) in [4.78, 5) is 1.07. The number of halogens is 1. The molecule has 0 unspecified atom stereocenters. The first-order valence-corrected chi connectivity index (χ1v) is 6.96. The van der Waals surface area contributed by atoms with E-state index >= 15 is 0 Å². The van der Waals surface area contributed by atoms with Crippen molar-refractivity contribution in [3.8, 4) is 5.75 Å². The van der Waals surface area contributed by atoms with Crippen LogP contribution < -0.4 is 10.5 Å². The van der Waals surface area contributed by atoms with Gasteiger partial charge in [-0.05, 0) is 23.8 Å². The molecule has 2 nitrogen and oxygen atoms in total. The second-order valence-corrected chi connectivity index (χ2v) is 5.09. The van der Waals surface area contributed by atoms with Crippen LogP contribution in [0.2, 0.25) is 0 Å². The van der Waals surface area contributed by atoms with Crippen molar-refractivity contribution in [1.82, 2.24) is 0 Å². The van der Waals surface area contributed by atoms with Crippen molar-refractivity contribution in [2.75, 3.05) is 7.11 Å². The quantitative estimate of drug-likeness (QED) is 0.848. The molecular formula is C15H16FNOS. The number of hydrogen-bond donors (Lipinski definition) is 1. The Hall–Kier alpha value is -1.52. The molecule has 0 aliphatic carbocycles. The van der Waals surface area contributed by atoms with Crippen LogP contribution in [0.5, 0.6) is 5.75 Å². The summed E-state index contributed by atoms with van der Waals surface area (Å²) in [5.41, 5.74) is 7.11. The summed E-state index contributed by atoms with van der Waals surface area (Å²) in [5.74, 6) is 1.37. The molecule has 0 spiro atoms. The molecule has 0 amide bonds. The highest BCUT2D eigenvalue weighted by Gasteiger charge is 2.05. The number of para-hydroxylation sites is 1. The standard InChI is InChI=1S/C15H16FNOS/c1-18-14-4-2-3-5-15(14)19-10-11-6-7-13(16)12(8-11)9-17/h2-8H,9-10,17H2,1H3. The van der Waals surface area contributed by atoms with Crippen LogP contribution in [0.4, 0.5) is 4.39 Å². The number of ether oxygens (including phenoxy) is 1. The maximum Gasteiger partial charge on any atom is 0.132 e. The van der Waals surface area contributed by atoms with E-state index in [2.05, 4.69) is 0 Å². The van der Waals surface area contributed by atoms with Gasteiger partial charge in [-0.3, -0.25) is 0 Å². The molecule has 0 heterocycles. The summed E-state index contributed by atoms with van der Waals surface area (Å²) in [6.07, 6.45) is 0. The number of methoxy groups -OCH3 is 1. The lowest BCUT2D eigenvalue weighted by Crippen LogP contribution is -2.00. The summed E-state index contributed by atoms with van der Waals surface area (Å²) in [5, 5.41) is 0. The largest absolute Gasteiger partial charge is 0.496 e. The predicted molar refractivity (Wildman–Crippen MR) is 76.8 cm³/mol. The zero-order chi connectivity index (χ0) is 13.7. The van der Waals surface area contributed by atoms with E-state index in [4.69, 9.17) is 10.5 Å². The van der Waals surface area contributed by atoms with Crippen LogP contribution in [-0.2, 0) is 12.3 Å². The summed E-state index contributed by atoms with van der Waals surface area (Å²) >= 11 is 1.66. The molecule has 0 aliphatic heterocycles. The normalized spacial score (nSPS) is 10.5. The molecule has 0 saturated carbocycles. The maximum absolute atomic E-state index is 13.3. The molecule has 0 fully saturated rings. The highest BCUT2D eigenvalue weighted by Crippen LogP contribution is 2.31. The van der Waals surface area contributed by atoms with Gasteiger partial charge in [-0.1, -0.05) is 24.3 Å². The van der Waals surface area contributed by atoms with Crippen molar-refractivity contribution < 1.29 is 9.13 Å². The molecule has 2 N–H and O–H groups in total. The topological polar surface area (TPSA) is 35.2 Å². The van der Waals surface area contributed by atoms with Crippen molar-refractivity contribution in [3.05, 3.63) is 59.4 Å².